The molecule has 0 bridgehead atoms. The Labute approximate surface area is 118 Å². The van der Waals surface area contributed by atoms with Crippen molar-refractivity contribution >= 4 is 29.2 Å². The van der Waals surface area contributed by atoms with E-state index in [9.17, 15) is 14.0 Å². The van der Waals surface area contributed by atoms with Crippen LogP contribution in [0, 0.1) is 13.4 Å². The molecular weight excluding hydrogens is 383 g/mol. The van der Waals surface area contributed by atoms with E-state index in [2.05, 4.69) is 0 Å². The summed E-state index contributed by atoms with van der Waals surface area (Å²) in [7, 11) is -4.41. The van der Waals surface area contributed by atoms with Crippen molar-refractivity contribution in [2.75, 3.05) is 0 Å². The second-order valence-corrected chi connectivity index (χ2v) is 9.93. The Morgan fingerprint density at radius 1 is 0.895 bits per heavy atom. The predicted octanol–water partition coefficient (Wildman–Crippen LogP) is -2.53. The Balaban J connectivity index is 2.33. The third-order valence-electron chi connectivity index (χ3n) is 2.69. The van der Waals surface area contributed by atoms with E-state index in [0.717, 1.165) is 17.6 Å². The molecule has 98 valence electrons. The zero-order chi connectivity index (χ0) is 13.5. The van der Waals surface area contributed by atoms with E-state index in [0.29, 0.717) is 0 Å². The second-order valence-electron chi connectivity index (χ2n) is 3.93. The van der Waals surface area contributed by atoms with Crippen molar-refractivity contribution in [1.82, 2.24) is 0 Å². The van der Waals surface area contributed by atoms with Crippen LogP contribution < -0.4 is 22.8 Å². The van der Waals surface area contributed by atoms with E-state index in [-0.39, 0.29) is 0 Å². The van der Waals surface area contributed by atoms with Crippen LogP contribution in [0.4, 0.5) is 0 Å². The summed E-state index contributed by atoms with van der Waals surface area (Å²) >= 11 is -2.85. The Morgan fingerprint density at radius 2 is 1.58 bits per heavy atom. The predicted molar refractivity (Wildman–Crippen MR) is 61.4 cm³/mol. The maximum absolute atomic E-state index is 10.9. The van der Waals surface area contributed by atoms with Gasteiger partial charge in [-0.1, -0.05) is 0 Å². The van der Waals surface area contributed by atoms with Crippen molar-refractivity contribution in [3.05, 3.63) is 62.5 Å². The molecule has 19 heavy (non-hydrogen) atoms. The number of fused-ring (bicyclic) bond motifs is 2. The van der Waals surface area contributed by atoms with E-state index in [4.69, 9.17) is 2.65 Å². The summed E-state index contributed by atoms with van der Waals surface area (Å²) in [6.07, 6.45) is 1.99. The Bertz CT molecular complexity index is 752. The number of rotatable bonds is 2. The topological polar surface area (TPSA) is 78.4 Å². The molecule has 0 N–H and O–H groups in total. The molecule has 0 amide bonds. The van der Waals surface area contributed by atoms with E-state index in [1.165, 1.54) is 0 Å². The summed E-state index contributed by atoms with van der Waals surface area (Å²) in [4.78, 5) is 0. The average Bonchev–Trinajstić information content (AvgIpc) is 2.37. The minimum atomic E-state index is -4.41. The van der Waals surface area contributed by atoms with Gasteiger partial charge in [0.05, 0.1) is 0 Å². The van der Waals surface area contributed by atoms with Crippen molar-refractivity contribution in [3.8, 4) is 0 Å². The van der Waals surface area contributed by atoms with Crippen LogP contribution in [0.2, 0.25) is 0 Å². The molecule has 0 atom stereocenters. The van der Waals surface area contributed by atoms with Crippen LogP contribution in [-0.2, 0) is 2.65 Å². The van der Waals surface area contributed by atoms with Gasteiger partial charge in [0.15, 0.2) is 0 Å². The molecule has 1 aliphatic heterocycles. The first-order valence-electron chi connectivity index (χ1n) is 5.42. The molecule has 0 fully saturated rings. The normalized spacial score (nSPS) is 14.5. The summed E-state index contributed by atoms with van der Waals surface area (Å²) in [6, 6.07) is 14.9. The number of benzene rings is 2. The van der Waals surface area contributed by atoms with Crippen LogP contribution in [0.3, 0.4) is 0 Å². The fourth-order valence-corrected chi connectivity index (χ4v) is 8.52. The third-order valence-corrected chi connectivity index (χ3v) is 9.77. The molecule has 0 aliphatic carbocycles. The van der Waals surface area contributed by atoms with Gasteiger partial charge in [-0.15, -0.1) is 0 Å². The monoisotopic (exact) mass is 394 g/mol. The molecule has 1 heterocycles. The van der Waals surface area contributed by atoms with Crippen LogP contribution in [0.1, 0.15) is 5.56 Å². The van der Waals surface area contributed by atoms with Crippen molar-refractivity contribution in [2.45, 2.75) is 0 Å². The Kier molecular flexibility index (Phi) is 3.46. The van der Waals surface area contributed by atoms with Gasteiger partial charge in [-0.05, 0) is 0 Å². The molecule has 6 heteroatoms. The van der Waals surface area contributed by atoms with Gasteiger partial charge in [0.25, 0.3) is 0 Å². The van der Waals surface area contributed by atoms with Gasteiger partial charge in [0, 0.05) is 0 Å². The molecule has 0 radical (unpaired) electrons. The van der Waals surface area contributed by atoms with Gasteiger partial charge in [-0.25, -0.2) is 0 Å². The molecule has 3 rings (SSSR count). The first-order valence-corrected chi connectivity index (χ1v) is 9.94. The molecular formula is C13H9ClO4Te. The van der Waals surface area contributed by atoms with Crippen molar-refractivity contribution < 1.29 is 26.9 Å². The van der Waals surface area contributed by atoms with Crippen molar-refractivity contribution in [1.29, 1.82) is 0 Å². The summed E-state index contributed by atoms with van der Waals surface area (Å²) in [5.74, 6) is 0. The molecule has 0 unspecified atom stereocenters. The first kappa shape index (κ1) is 13.2. The average molecular weight is 392 g/mol. The van der Waals surface area contributed by atoms with Crippen LogP contribution >= 0.6 is 0 Å². The van der Waals surface area contributed by atoms with Gasteiger partial charge in [0.1, 0.15) is 0 Å². The standard InChI is InChI=1S/C13H9ClO4Te/c15-14(16,17)18-19-12-7-3-1-5-10(12)9-11-6-2-4-8-13(11)19/h1-9H. The van der Waals surface area contributed by atoms with Crippen LogP contribution in [-0.4, -0.2) is 19.5 Å². The minimum absolute atomic E-state index is 0.844. The van der Waals surface area contributed by atoms with Crippen molar-refractivity contribution in [3.63, 3.8) is 0 Å². The van der Waals surface area contributed by atoms with Crippen LogP contribution in [0.5, 0.6) is 0 Å². The van der Waals surface area contributed by atoms with Gasteiger partial charge in [-0.2, -0.15) is 0 Å². The Morgan fingerprint density at radius 3 is 2.37 bits per heavy atom. The quantitative estimate of drug-likeness (QED) is 0.529. The summed E-state index contributed by atoms with van der Waals surface area (Å²) in [5, 5.41) is 0.927. The molecule has 2 aromatic carbocycles. The number of halogens is 1. The third kappa shape index (κ3) is 2.73. The van der Waals surface area contributed by atoms with E-state index < -0.39 is 29.7 Å². The van der Waals surface area contributed by atoms with E-state index in [1.807, 2.05) is 54.6 Å². The molecule has 0 saturated heterocycles. The molecule has 0 aromatic heterocycles. The molecule has 2 aromatic rings. The van der Waals surface area contributed by atoms with Gasteiger partial charge in [0.2, 0.25) is 0 Å². The SMILES string of the molecule is [O-][Cl+3]([O-])([O-])O[Te]1=c2ccccc2=Cc2ccccc21. The number of hydrogen-bond acceptors (Lipinski definition) is 4. The zero-order valence-corrected chi connectivity index (χ0v) is 12.7. The summed E-state index contributed by atoms with van der Waals surface area (Å²) < 4.78 is 39.4. The van der Waals surface area contributed by atoms with Gasteiger partial charge < -0.3 is 0 Å². The zero-order valence-electron chi connectivity index (χ0n) is 9.62. The van der Waals surface area contributed by atoms with Gasteiger partial charge in [-0.3, -0.25) is 0 Å². The Hall–Kier alpha value is -0.770. The van der Waals surface area contributed by atoms with Crippen molar-refractivity contribution in [2.24, 2.45) is 0 Å². The fourth-order valence-electron chi connectivity index (χ4n) is 1.97. The van der Waals surface area contributed by atoms with Crippen LogP contribution in [0.15, 0.2) is 48.5 Å². The molecule has 1 aliphatic rings. The van der Waals surface area contributed by atoms with Crippen LogP contribution in [0.25, 0.3) is 6.08 Å². The molecule has 0 saturated carbocycles. The van der Waals surface area contributed by atoms with Gasteiger partial charge >= 0.3 is 119 Å². The summed E-state index contributed by atoms with van der Waals surface area (Å²) in [6.45, 7) is 0. The number of hydrogen-bond donors (Lipinski definition) is 0. The molecule has 4 nitrogen and oxygen atoms in total. The first-order chi connectivity index (χ1) is 9.04. The summed E-state index contributed by atoms with van der Waals surface area (Å²) in [5.41, 5.74) is 0.927. The van der Waals surface area contributed by atoms with E-state index in [1.54, 1.807) is 0 Å². The second kappa shape index (κ2) is 4.97. The molecule has 0 spiro atoms. The maximum atomic E-state index is 10.9. The fraction of sp³-hybridized carbons (Fsp3) is 0. The van der Waals surface area contributed by atoms with E-state index >= 15 is 0 Å².